The standard InChI is InChI=1S/C11H17NO5/c1-4-6-16-10(13)8-9(12-15-3)11(14)17-7-5-2/h4-5,9,12H,1-2,6-8H2,3H3/t9-/m0/s1. The van der Waals surface area contributed by atoms with E-state index in [0.717, 1.165) is 0 Å². The average Bonchev–Trinajstić information content (AvgIpc) is 2.32. The van der Waals surface area contributed by atoms with Crippen LogP contribution in [-0.2, 0) is 23.9 Å². The molecule has 0 radical (unpaired) electrons. The van der Waals surface area contributed by atoms with Crippen LogP contribution < -0.4 is 5.48 Å². The Morgan fingerprint density at radius 1 is 1.24 bits per heavy atom. The Kier molecular flexibility index (Phi) is 8.62. The third-order valence-corrected chi connectivity index (χ3v) is 1.62. The van der Waals surface area contributed by atoms with E-state index in [1.165, 1.54) is 19.3 Å². The van der Waals surface area contributed by atoms with Crippen LogP contribution in [0.25, 0.3) is 0 Å². The van der Waals surface area contributed by atoms with E-state index in [2.05, 4.69) is 23.5 Å². The highest BCUT2D eigenvalue weighted by Crippen LogP contribution is 1.99. The number of esters is 2. The molecule has 0 fully saturated rings. The van der Waals surface area contributed by atoms with E-state index in [1.807, 2.05) is 0 Å². The lowest BCUT2D eigenvalue weighted by molar-refractivity contribution is -0.155. The Morgan fingerprint density at radius 3 is 2.35 bits per heavy atom. The minimum absolute atomic E-state index is 0.0719. The summed E-state index contributed by atoms with van der Waals surface area (Å²) in [6.45, 7) is 6.98. The molecule has 0 aromatic heterocycles. The number of hydrogen-bond donors (Lipinski definition) is 1. The van der Waals surface area contributed by atoms with Crippen molar-refractivity contribution in [3.8, 4) is 0 Å². The number of hydrogen-bond acceptors (Lipinski definition) is 6. The van der Waals surface area contributed by atoms with Gasteiger partial charge in [-0.15, -0.1) is 0 Å². The predicted octanol–water partition coefficient (Wildman–Crippen LogP) is 0.354. The van der Waals surface area contributed by atoms with Crippen LogP contribution >= 0.6 is 0 Å². The molecule has 0 aliphatic rings. The Labute approximate surface area is 100 Å². The van der Waals surface area contributed by atoms with Crippen LogP contribution in [-0.4, -0.2) is 38.3 Å². The van der Waals surface area contributed by atoms with Crippen LogP contribution in [0.3, 0.4) is 0 Å². The van der Waals surface area contributed by atoms with E-state index >= 15 is 0 Å². The molecule has 0 unspecified atom stereocenters. The van der Waals surface area contributed by atoms with Crippen LogP contribution in [0.5, 0.6) is 0 Å². The van der Waals surface area contributed by atoms with Crippen molar-refractivity contribution in [2.75, 3.05) is 20.3 Å². The van der Waals surface area contributed by atoms with Gasteiger partial charge in [-0.1, -0.05) is 25.3 Å². The van der Waals surface area contributed by atoms with Gasteiger partial charge in [0, 0.05) is 0 Å². The van der Waals surface area contributed by atoms with Gasteiger partial charge in [0.15, 0.2) is 0 Å². The van der Waals surface area contributed by atoms with Crippen LogP contribution in [0, 0.1) is 0 Å². The molecule has 0 heterocycles. The molecule has 0 aliphatic carbocycles. The normalized spacial score (nSPS) is 11.4. The van der Waals surface area contributed by atoms with Crippen LogP contribution in [0.4, 0.5) is 0 Å². The van der Waals surface area contributed by atoms with Gasteiger partial charge >= 0.3 is 11.9 Å². The summed E-state index contributed by atoms with van der Waals surface area (Å²) in [5.74, 6) is -1.16. The van der Waals surface area contributed by atoms with Crippen molar-refractivity contribution in [3.05, 3.63) is 25.3 Å². The Bertz CT molecular complexity index is 277. The second-order valence-electron chi connectivity index (χ2n) is 2.97. The fourth-order valence-electron chi connectivity index (χ4n) is 0.934. The molecule has 0 saturated carbocycles. The van der Waals surface area contributed by atoms with Crippen molar-refractivity contribution in [2.24, 2.45) is 0 Å². The van der Waals surface area contributed by atoms with Crippen LogP contribution in [0.15, 0.2) is 25.3 Å². The van der Waals surface area contributed by atoms with Crippen LogP contribution in [0.1, 0.15) is 6.42 Å². The summed E-state index contributed by atoms with van der Waals surface area (Å²) in [4.78, 5) is 27.3. The van der Waals surface area contributed by atoms with Gasteiger partial charge in [-0.05, 0) is 0 Å². The van der Waals surface area contributed by atoms with Gasteiger partial charge in [0.2, 0.25) is 0 Å². The molecular formula is C11H17NO5. The SMILES string of the molecule is C=CCOC(=O)C[C@H](NOC)C(=O)OCC=C. The molecule has 6 heteroatoms. The molecule has 1 atom stereocenters. The number of carbonyl (C=O) groups excluding carboxylic acids is 2. The zero-order valence-corrected chi connectivity index (χ0v) is 9.81. The lowest BCUT2D eigenvalue weighted by Crippen LogP contribution is -2.39. The molecule has 96 valence electrons. The Hall–Kier alpha value is -1.66. The van der Waals surface area contributed by atoms with E-state index in [4.69, 9.17) is 9.47 Å². The molecule has 0 aliphatic heterocycles. The quantitative estimate of drug-likeness (QED) is 0.358. The van der Waals surface area contributed by atoms with Crippen molar-refractivity contribution in [1.29, 1.82) is 0 Å². The van der Waals surface area contributed by atoms with Gasteiger partial charge in [0.1, 0.15) is 19.3 Å². The predicted molar refractivity (Wildman–Crippen MR) is 60.9 cm³/mol. The zero-order valence-electron chi connectivity index (χ0n) is 9.81. The van der Waals surface area contributed by atoms with Gasteiger partial charge in [-0.2, -0.15) is 5.48 Å². The van der Waals surface area contributed by atoms with Crippen molar-refractivity contribution in [3.63, 3.8) is 0 Å². The number of hydroxylamine groups is 1. The number of nitrogens with one attached hydrogen (secondary N) is 1. The first-order chi connectivity index (χ1) is 8.15. The maximum absolute atomic E-state index is 11.5. The van der Waals surface area contributed by atoms with Crippen molar-refractivity contribution >= 4 is 11.9 Å². The third kappa shape index (κ3) is 7.26. The molecule has 0 aromatic rings. The monoisotopic (exact) mass is 243 g/mol. The summed E-state index contributed by atoms with van der Waals surface area (Å²) in [5, 5.41) is 0. The van der Waals surface area contributed by atoms with Gasteiger partial charge < -0.3 is 14.3 Å². The third-order valence-electron chi connectivity index (χ3n) is 1.62. The van der Waals surface area contributed by atoms with Crippen molar-refractivity contribution < 1.29 is 23.9 Å². The van der Waals surface area contributed by atoms with Crippen molar-refractivity contribution in [1.82, 2.24) is 5.48 Å². The molecule has 1 N–H and O–H groups in total. The lowest BCUT2D eigenvalue weighted by Gasteiger charge is -2.14. The van der Waals surface area contributed by atoms with E-state index in [0.29, 0.717) is 0 Å². The fourth-order valence-corrected chi connectivity index (χ4v) is 0.934. The summed E-state index contributed by atoms with van der Waals surface area (Å²) >= 11 is 0. The molecule has 0 bridgehead atoms. The fraction of sp³-hybridized carbons (Fsp3) is 0.455. The van der Waals surface area contributed by atoms with E-state index < -0.39 is 18.0 Å². The van der Waals surface area contributed by atoms with E-state index in [9.17, 15) is 9.59 Å². The molecular weight excluding hydrogens is 226 g/mol. The van der Waals surface area contributed by atoms with Crippen LogP contribution in [0.2, 0.25) is 0 Å². The van der Waals surface area contributed by atoms with Gasteiger partial charge in [-0.3, -0.25) is 9.59 Å². The number of carbonyl (C=O) groups is 2. The molecule has 17 heavy (non-hydrogen) atoms. The highest BCUT2D eigenvalue weighted by atomic mass is 16.6. The molecule has 0 spiro atoms. The summed E-state index contributed by atoms with van der Waals surface area (Å²) in [7, 11) is 1.34. The first-order valence-electron chi connectivity index (χ1n) is 4.98. The Balaban J connectivity index is 4.20. The van der Waals surface area contributed by atoms with Gasteiger partial charge in [-0.25, -0.2) is 0 Å². The number of rotatable bonds is 9. The highest BCUT2D eigenvalue weighted by molar-refractivity contribution is 5.82. The minimum atomic E-state index is -0.905. The highest BCUT2D eigenvalue weighted by Gasteiger charge is 2.23. The molecule has 0 aromatic carbocycles. The van der Waals surface area contributed by atoms with Gasteiger partial charge in [0.25, 0.3) is 0 Å². The molecule has 0 saturated heterocycles. The van der Waals surface area contributed by atoms with Crippen molar-refractivity contribution in [2.45, 2.75) is 12.5 Å². The molecule has 6 nitrogen and oxygen atoms in total. The Morgan fingerprint density at radius 2 is 1.82 bits per heavy atom. The zero-order chi connectivity index (χ0) is 13.1. The largest absolute Gasteiger partial charge is 0.461 e. The first-order valence-corrected chi connectivity index (χ1v) is 4.98. The molecule has 0 rings (SSSR count). The smallest absolute Gasteiger partial charge is 0.326 e. The molecule has 0 amide bonds. The lowest BCUT2D eigenvalue weighted by atomic mass is 10.2. The van der Waals surface area contributed by atoms with E-state index in [-0.39, 0.29) is 19.6 Å². The summed E-state index contributed by atoms with van der Waals surface area (Å²) in [6.07, 6.45) is 2.68. The summed E-state index contributed by atoms with van der Waals surface area (Å²) < 4.78 is 9.53. The summed E-state index contributed by atoms with van der Waals surface area (Å²) in [6, 6.07) is -0.905. The second kappa shape index (κ2) is 9.56. The first kappa shape index (κ1) is 15.3. The summed E-state index contributed by atoms with van der Waals surface area (Å²) in [5.41, 5.74) is 2.36. The minimum Gasteiger partial charge on any atom is -0.461 e. The maximum atomic E-state index is 11.5. The topological polar surface area (TPSA) is 73.9 Å². The maximum Gasteiger partial charge on any atom is 0.326 e. The van der Waals surface area contributed by atoms with E-state index in [1.54, 1.807) is 0 Å². The second-order valence-corrected chi connectivity index (χ2v) is 2.97. The average molecular weight is 243 g/mol. The van der Waals surface area contributed by atoms with Gasteiger partial charge in [0.05, 0.1) is 13.5 Å². The number of ether oxygens (including phenoxy) is 2.